The molecule has 4 aromatic rings. The zero-order valence-electron chi connectivity index (χ0n) is 15.7. The Morgan fingerprint density at radius 3 is 2.72 bits per heavy atom. The van der Waals surface area contributed by atoms with E-state index in [0.717, 1.165) is 14.9 Å². The number of nitrogens with one attached hydrogen (secondary N) is 1. The van der Waals surface area contributed by atoms with Gasteiger partial charge in [-0.05, 0) is 48.2 Å². The molecule has 1 N–H and O–H groups in total. The molecular weight excluding hydrogens is 450 g/mol. The van der Waals surface area contributed by atoms with E-state index < -0.39 is 0 Å². The fourth-order valence-corrected chi connectivity index (χ4v) is 4.08. The summed E-state index contributed by atoms with van der Waals surface area (Å²) in [7, 11) is 0. The van der Waals surface area contributed by atoms with Crippen LogP contribution in [0.2, 0.25) is 0 Å². The van der Waals surface area contributed by atoms with Crippen molar-refractivity contribution in [1.82, 2.24) is 14.9 Å². The molecule has 3 aromatic heterocycles. The van der Waals surface area contributed by atoms with Crippen molar-refractivity contribution < 1.29 is 4.79 Å². The summed E-state index contributed by atoms with van der Waals surface area (Å²) in [6.07, 6.45) is 1.75. The second-order valence-electron chi connectivity index (χ2n) is 6.69. The molecule has 0 bridgehead atoms. The van der Waals surface area contributed by atoms with E-state index in [1.54, 1.807) is 35.1 Å². The monoisotopic (exact) mass is 467 g/mol. The Kier molecular flexibility index (Phi) is 5.60. The molecule has 1 aromatic carbocycles. The van der Waals surface area contributed by atoms with Crippen LogP contribution in [0.1, 0.15) is 26.5 Å². The van der Waals surface area contributed by atoms with Crippen molar-refractivity contribution >= 4 is 44.1 Å². The minimum atomic E-state index is -0.243. The molecule has 0 atom stereocenters. The van der Waals surface area contributed by atoms with E-state index >= 15 is 0 Å². The molecular formula is C22H18BrN3O2S. The van der Waals surface area contributed by atoms with E-state index in [2.05, 4.69) is 26.2 Å². The normalized spacial score (nSPS) is 11.0. The van der Waals surface area contributed by atoms with Crippen LogP contribution in [-0.4, -0.2) is 15.5 Å². The van der Waals surface area contributed by atoms with Crippen LogP contribution in [0.4, 0.5) is 0 Å². The van der Waals surface area contributed by atoms with Gasteiger partial charge in [0.25, 0.3) is 11.5 Å². The van der Waals surface area contributed by atoms with Gasteiger partial charge < -0.3 is 9.88 Å². The number of hydrogen-bond acceptors (Lipinski definition) is 4. The highest BCUT2D eigenvalue weighted by Crippen LogP contribution is 2.16. The van der Waals surface area contributed by atoms with Gasteiger partial charge in [-0.3, -0.25) is 14.6 Å². The third kappa shape index (κ3) is 4.31. The van der Waals surface area contributed by atoms with Gasteiger partial charge in [0.1, 0.15) is 0 Å². The maximum Gasteiger partial charge on any atom is 0.260 e. The lowest BCUT2D eigenvalue weighted by Crippen LogP contribution is -2.25. The van der Waals surface area contributed by atoms with E-state index in [9.17, 15) is 9.59 Å². The maximum absolute atomic E-state index is 12.9. The molecule has 7 heteroatoms. The van der Waals surface area contributed by atoms with Crippen LogP contribution in [0.15, 0.2) is 69.4 Å². The molecule has 0 spiro atoms. The number of carbonyl (C=O) groups excluding carboxylic acids is 1. The molecule has 0 unspecified atom stereocenters. The van der Waals surface area contributed by atoms with Crippen LogP contribution < -0.4 is 10.9 Å². The fraction of sp³-hybridized carbons (Fsp3) is 0.136. The van der Waals surface area contributed by atoms with Crippen molar-refractivity contribution in [2.75, 3.05) is 0 Å². The number of fused-ring (bicyclic) bond motifs is 1. The quantitative estimate of drug-likeness (QED) is 0.469. The number of aryl methyl sites for hydroxylation is 1. The van der Waals surface area contributed by atoms with Crippen molar-refractivity contribution in [1.29, 1.82) is 0 Å². The predicted octanol–water partition coefficient (Wildman–Crippen LogP) is 4.51. The van der Waals surface area contributed by atoms with Gasteiger partial charge in [-0.15, -0.1) is 11.3 Å². The highest BCUT2D eigenvalue weighted by atomic mass is 79.9. The van der Waals surface area contributed by atoms with Crippen LogP contribution in [0.5, 0.6) is 0 Å². The Labute approximate surface area is 180 Å². The van der Waals surface area contributed by atoms with Gasteiger partial charge in [0.15, 0.2) is 0 Å². The largest absolute Gasteiger partial charge is 0.348 e. The smallest absolute Gasteiger partial charge is 0.260 e. The number of aromatic nitrogens is 2. The molecule has 146 valence electrons. The summed E-state index contributed by atoms with van der Waals surface area (Å²) in [5.74, 6) is -0.243. The topological polar surface area (TPSA) is 64.0 Å². The lowest BCUT2D eigenvalue weighted by molar-refractivity contribution is 0.0950. The minimum absolute atomic E-state index is 0.148. The van der Waals surface area contributed by atoms with Gasteiger partial charge in [0.05, 0.1) is 28.7 Å². The Morgan fingerprint density at radius 1 is 1.21 bits per heavy atom. The summed E-state index contributed by atoms with van der Waals surface area (Å²) in [5.41, 5.74) is 2.46. The summed E-state index contributed by atoms with van der Waals surface area (Å²) in [6, 6.07) is 15.2. The highest BCUT2D eigenvalue weighted by molar-refractivity contribution is 9.10. The lowest BCUT2D eigenvalue weighted by Gasteiger charge is -2.10. The molecule has 0 aliphatic rings. The molecule has 0 saturated heterocycles. The summed E-state index contributed by atoms with van der Waals surface area (Å²) in [5, 5.41) is 5.34. The molecule has 3 heterocycles. The van der Waals surface area contributed by atoms with Crippen molar-refractivity contribution in [3.05, 3.63) is 96.6 Å². The van der Waals surface area contributed by atoms with Crippen molar-refractivity contribution in [2.24, 2.45) is 0 Å². The first-order chi connectivity index (χ1) is 14.0. The summed E-state index contributed by atoms with van der Waals surface area (Å²) in [6.45, 7) is 2.69. The second-order valence-corrected chi connectivity index (χ2v) is 8.64. The average molecular weight is 468 g/mol. The Balaban J connectivity index is 1.62. The number of pyridine rings is 2. The first-order valence-corrected chi connectivity index (χ1v) is 10.7. The fourth-order valence-electron chi connectivity index (χ4n) is 3.11. The molecule has 0 aliphatic carbocycles. The number of rotatable bonds is 5. The first-order valence-electron chi connectivity index (χ1n) is 9.07. The molecule has 0 radical (unpaired) electrons. The zero-order chi connectivity index (χ0) is 20.4. The Bertz CT molecular complexity index is 1230. The molecule has 29 heavy (non-hydrogen) atoms. The van der Waals surface area contributed by atoms with E-state index in [4.69, 9.17) is 0 Å². The average Bonchev–Trinajstić information content (AvgIpc) is 3.22. The summed E-state index contributed by atoms with van der Waals surface area (Å²) in [4.78, 5) is 31.3. The highest BCUT2D eigenvalue weighted by Gasteiger charge is 2.14. The summed E-state index contributed by atoms with van der Waals surface area (Å²) < 4.78 is 2.63. The molecule has 0 aliphatic heterocycles. The summed E-state index contributed by atoms with van der Waals surface area (Å²) >= 11 is 5.00. The number of hydrogen-bond donors (Lipinski definition) is 1. The van der Waals surface area contributed by atoms with Gasteiger partial charge in [0, 0.05) is 22.1 Å². The SMILES string of the molecule is Cc1nc2ccn(Cc3cccs3)c(=O)c2cc1C(=O)NCc1ccc(Br)cc1. The molecule has 0 fully saturated rings. The van der Waals surface area contributed by atoms with Gasteiger partial charge >= 0.3 is 0 Å². The number of carbonyl (C=O) groups is 1. The van der Waals surface area contributed by atoms with Crippen LogP contribution in [0.3, 0.4) is 0 Å². The van der Waals surface area contributed by atoms with Crippen LogP contribution in [-0.2, 0) is 13.1 Å². The number of halogens is 1. The number of thiophene rings is 1. The third-order valence-electron chi connectivity index (χ3n) is 4.66. The van der Waals surface area contributed by atoms with E-state index in [0.29, 0.717) is 35.2 Å². The van der Waals surface area contributed by atoms with Crippen LogP contribution in [0.25, 0.3) is 10.9 Å². The Hall–Kier alpha value is -2.77. The molecule has 5 nitrogen and oxygen atoms in total. The number of amides is 1. The van der Waals surface area contributed by atoms with Gasteiger partial charge in [-0.1, -0.05) is 34.1 Å². The first kappa shape index (κ1) is 19.5. The van der Waals surface area contributed by atoms with Crippen molar-refractivity contribution in [3.63, 3.8) is 0 Å². The standard InChI is InChI=1S/C22H18BrN3O2S/c1-14-18(21(27)24-12-15-4-6-16(23)7-5-15)11-19-20(25-14)8-9-26(22(19)28)13-17-3-2-10-29-17/h2-11H,12-13H2,1H3,(H,24,27). The number of nitrogens with zero attached hydrogens (tertiary/aromatic N) is 2. The van der Waals surface area contributed by atoms with Gasteiger partial charge in [0.2, 0.25) is 0 Å². The lowest BCUT2D eigenvalue weighted by atomic mass is 10.1. The van der Waals surface area contributed by atoms with Crippen molar-refractivity contribution in [2.45, 2.75) is 20.0 Å². The molecule has 4 rings (SSSR count). The Morgan fingerprint density at radius 2 is 2.00 bits per heavy atom. The molecule has 1 amide bonds. The van der Waals surface area contributed by atoms with Crippen LogP contribution >= 0.6 is 27.3 Å². The van der Waals surface area contributed by atoms with Crippen LogP contribution in [0, 0.1) is 6.92 Å². The van der Waals surface area contributed by atoms with Gasteiger partial charge in [-0.25, -0.2) is 0 Å². The van der Waals surface area contributed by atoms with Crippen molar-refractivity contribution in [3.8, 4) is 0 Å². The van der Waals surface area contributed by atoms with E-state index in [1.807, 2.05) is 47.8 Å². The minimum Gasteiger partial charge on any atom is -0.348 e. The van der Waals surface area contributed by atoms with E-state index in [1.165, 1.54) is 0 Å². The number of benzene rings is 1. The second kappa shape index (κ2) is 8.31. The van der Waals surface area contributed by atoms with Gasteiger partial charge in [-0.2, -0.15) is 0 Å². The molecule has 0 saturated carbocycles. The van der Waals surface area contributed by atoms with E-state index in [-0.39, 0.29) is 11.5 Å². The predicted molar refractivity (Wildman–Crippen MR) is 119 cm³/mol. The maximum atomic E-state index is 12.9. The zero-order valence-corrected chi connectivity index (χ0v) is 18.1. The third-order valence-corrected chi connectivity index (χ3v) is 6.05.